The predicted octanol–water partition coefficient (Wildman–Crippen LogP) is 8.08. The van der Waals surface area contributed by atoms with Gasteiger partial charge in [-0.2, -0.15) is 8.42 Å². The summed E-state index contributed by atoms with van der Waals surface area (Å²) >= 11 is 0. The SMILES string of the molecule is CCCCCCCC/C=C\CCCCC(O)C(=O)NC(COC1OC(CO)C(O)C(OS(=O)(=O)O)C1O)C(O)/C=C/CC/C=C/CCCCCCCCCCCCCCC. The first-order valence-corrected chi connectivity index (χ1v) is 24.8. The lowest BCUT2D eigenvalue weighted by Gasteiger charge is -2.41. The first-order valence-electron chi connectivity index (χ1n) is 23.5. The van der Waals surface area contributed by atoms with Gasteiger partial charge in [-0.3, -0.25) is 9.35 Å². The topological polar surface area (TPSA) is 212 Å². The van der Waals surface area contributed by atoms with Gasteiger partial charge in [0.25, 0.3) is 0 Å². The maximum absolute atomic E-state index is 13.1. The van der Waals surface area contributed by atoms with E-state index < -0.39 is 78.5 Å². The van der Waals surface area contributed by atoms with Gasteiger partial charge < -0.3 is 40.3 Å². The molecule has 352 valence electrons. The molecule has 0 aromatic heterocycles. The fraction of sp³-hybridized carbons (Fsp3) is 0.848. The van der Waals surface area contributed by atoms with E-state index in [0.717, 1.165) is 38.5 Å². The summed E-state index contributed by atoms with van der Waals surface area (Å²) in [5.74, 6) is -0.730. The number of rotatable bonds is 39. The molecule has 1 rings (SSSR count). The normalized spacial score (nSPS) is 21.6. The van der Waals surface area contributed by atoms with Crippen molar-refractivity contribution in [2.45, 2.75) is 236 Å². The van der Waals surface area contributed by atoms with Gasteiger partial charge in [0, 0.05) is 0 Å². The fourth-order valence-electron chi connectivity index (χ4n) is 7.24. The van der Waals surface area contributed by atoms with Crippen molar-refractivity contribution in [3.8, 4) is 0 Å². The van der Waals surface area contributed by atoms with Crippen molar-refractivity contribution in [2.24, 2.45) is 0 Å². The van der Waals surface area contributed by atoms with E-state index in [2.05, 4.69) is 47.7 Å². The lowest BCUT2D eigenvalue weighted by atomic mass is 9.99. The Balaban J connectivity index is 2.62. The number of carbonyl (C=O) groups excluding carboxylic acids is 1. The van der Waals surface area contributed by atoms with Gasteiger partial charge in [-0.25, -0.2) is 4.18 Å². The van der Waals surface area contributed by atoms with Gasteiger partial charge in [0.2, 0.25) is 5.91 Å². The standard InChI is InChI=1S/C46H85NO12S/c1-3-5-7-9-11-13-15-17-18-19-20-21-22-23-25-26-28-30-32-34-39(49)38(37-57-46-43(52)44(59-60(54,55)56)42(51)41(36-48)58-46)47-45(53)40(50)35-33-31-29-27-24-16-14-12-10-8-6-4-2/h24-27,32,34,38-44,46,48-52H,3-23,28-31,33,35-37H2,1-2H3,(H,47,53)(H,54,55,56)/b26-25+,27-24-,34-32+. The summed E-state index contributed by atoms with van der Waals surface area (Å²) in [7, 11) is -5.12. The van der Waals surface area contributed by atoms with Crippen molar-refractivity contribution in [3.05, 3.63) is 36.5 Å². The summed E-state index contributed by atoms with van der Waals surface area (Å²) in [6.07, 6.45) is 30.9. The summed E-state index contributed by atoms with van der Waals surface area (Å²) in [6.45, 7) is 3.17. The summed E-state index contributed by atoms with van der Waals surface area (Å²) in [5, 5.41) is 55.1. The van der Waals surface area contributed by atoms with Gasteiger partial charge in [0.1, 0.15) is 30.5 Å². The van der Waals surface area contributed by atoms with Crippen LogP contribution >= 0.6 is 0 Å². The minimum atomic E-state index is -5.12. The van der Waals surface area contributed by atoms with Crippen molar-refractivity contribution in [3.63, 3.8) is 0 Å². The number of hydrogen-bond donors (Lipinski definition) is 7. The molecule has 1 aliphatic heterocycles. The van der Waals surface area contributed by atoms with Crippen molar-refractivity contribution >= 4 is 16.3 Å². The first-order chi connectivity index (χ1) is 28.9. The van der Waals surface area contributed by atoms with E-state index >= 15 is 0 Å². The predicted molar refractivity (Wildman–Crippen MR) is 238 cm³/mol. The van der Waals surface area contributed by atoms with Crippen molar-refractivity contribution in [1.82, 2.24) is 5.32 Å². The zero-order chi connectivity index (χ0) is 44.3. The Hall–Kier alpha value is -1.72. The van der Waals surface area contributed by atoms with Crippen LogP contribution in [0.1, 0.15) is 187 Å². The molecular weight excluding hydrogens is 791 g/mol. The van der Waals surface area contributed by atoms with Gasteiger partial charge in [0.05, 0.1) is 25.4 Å². The molecule has 0 aromatic carbocycles. The number of amides is 1. The van der Waals surface area contributed by atoms with Crippen LogP contribution in [0.4, 0.5) is 0 Å². The Morgan fingerprint density at radius 3 is 1.60 bits per heavy atom. The van der Waals surface area contributed by atoms with Crippen molar-refractivity contribution in [1.29, 1.82) is 0 Å². The summed E-state index contributed by atoms with van der Waals surface area (Å²) < 4.78 is 47.5. The average Bonchev–Trinajstić information content (AvgIpc) is 3.22. The van der Waals surface area contributed by atoms with Gasteiger partial charge in [0.15, 0.2) is 6.29 Å². The van der Waals surface area contributed by atoms with Crippen LogP contribution in [0.2, 0.25) is 0 Å². The smallest absolute Gasteiger partial charge is 0.394 e. The van der Waals surface area contributed by atoms with Gasteiger partial charge in [-0.15, -0.1) is 0 Å². The molecule has 1 aliphatic rings. The van der Waals surface area contributed by atoms with Crippen LogP contribution in [0.25, 0.3) is 0 Å². The molecule has 0 saturated carbocycles. The Kier molecular flexibility index (Phi) is 34.5. The van der Waals surface area contributed by atoms with Crippen LogP contribution in [0, 0.1) is 0 Å². The number of allylic oxidation sites excluding steroid dienone is 5. The maximum Gasteiger partial charge on any atom is 0.397 e. The van der Waals surface area contributed by atoms with Gasteiger partial charge in [-0.05, 0) is 57.8 Å². The highest BCUT2D eigenvalue weighted by molar-refractivity contribution is 7.80. The largest absolute Gasteiger partial charge is 0.397 e. The van der Waals surface area contributed by atoms with Gasteiger partial charge in [-0.1, -0.05) is 166 Å². The zero-order valence-corrected chi connectivity index (χ0v) is 37.9. The Morgan fingerprint density at radius 1 is 0.667 bits per heavy atom. The second-order valence-corrected chi connectivity index (χ2v) is 17.5. The molecule has 0 aromatic rings. The number of aliphatic hydroxyl groups is 5. The molecule has 1 amide bonds. The number of unbranched alkanes of at least 4 members (excludes halogenated alkanes) is 22. The molecule has 13 nitrogen and oxygen atoms in total. The van der Waals surface area contributed by atoms with E-state index in [1.165, 1.54) is 122 Å². The van der Waals surface area contributed by atoms with Crippen LogP contribution in [0.5, 0.6) is 0 Å². The highest BCUT2D eigenvalue weighted by atomic mass is 32.3. The average molecular weight is 876 g/mol. The minimum absolute atomic E-state index is 0.206. The third kappa shape index (κ3) is 28.8. The van der Waals surface area contributed by atoms with E-state index in [9.17, 15) is 43.3 Å². The van der Waals surface area contributed by atoms with Crippen molar-refractivity contribution in [2.75, 3.05) is 13.2 Å². The third-order valence-corrected chi connectivity index (χ3v) is 11.5. The second kappa shape index (κ2) is 36.7. The Bertz CT molecular complexity index is 1230. The van der Waals surface area contributed by atoms with Crippen LogP contribution in [-0.4, -0.2) is 107 Å². The zero-order valence-electron chi connectivity index (χ0n) is 37.1. The molecular formula is C46H85NO12S. The number of carbonyl (C=O) groups is 1. The molecule has 0 bridgehead atoms. The monoisotopic (exact) mass is 876 g/mol. The number of ether oxygens (including phenoxy) is 2. The number of nitrogens with one attached hydrogen (secondary N) is 1. The molecule has 1 heterocycles. The summed E-state index contributed by atoms with van der Waals surface area (Å²) in [5.41, 5.74) is 0. The molecule has 1 saturated heterocycles. The summed E-state index contributed by atoms with van der Waals surface area (Å²) in [6, 6.07) is -1.14. The molecule has 14 heteroatoms. The van der Waals surface area contributed by atoms with E-state index in [1.807, 2.05) is 0 Å². The van der Waals surface area contributed by atoms with Crippen LogP contribution in [-0.2, 0) is 28.9 Å². The van der Waals surface area contributed by atoms with E-state index in [0.29, 0.717) is 12.8 Å². The molecule has 8 unspecified atom stereocenters. The maximum atomic E-state index is 13.1. The van der Waals surface area contributed by atoms with E-state index in [4.69, 9.17) is 9.47 Å². The number of aliphatic hydroxyl groups excluding tert-OH is 5. The second-order valence-electron chi connectivity index (χ2n) is 16.5. The fourth-order valence-corrected chi connectivity index (χ4v) is 7.74. The van der Waals surface area contributed by atoms with Crippen LogP contribution in [0.15, 0.2) is 36.5 Å². The lowest BCUT2D eigenvalue weighted by Crippen LogP contribution is -2.61. The molecule has 0 radical (unpaired) electrons. The molecule has 8 atom stereocenters. The molecule has 7 N–H and O–H groups in total. The van der Waals surface area contributed by atoms with Crippen LogP contribution in [0.3, 0.4) is 0 Å². The van der Waals surface area contributed by atoms with E-state index in [-0.39, 0.29) is 6.42 Å². The van der Waals surface area contributed by atoms with E-state index in [1.54, 1.807) is 6.08 Å². The Labute approximate surface area is 363 Å². The molecule has 60 heavy (non-hydrogen) atoms. The van der Waals surface area contributed by atoms with Gasteiger partial charge >= 0.3 is 10.4 Å². The lowest BCUT2D eigenvalue weighted by molar-refractivity contribution is -0.298. The van der Waals surface area contributed by atoms with Crippen LogP contribution < -0.4 is 5.32 Å². The highest BCUT2D eigenvalue weighted by Crippen LogP contribution is 2.26. The van der Waals surface area contributed by atoms with Crippen molar-refractivity contribution < 1.29 is 57.0 Å². The highest BCUT2D eigenvalue weighted by Gasteiger charge is 2.48. The molecule has 1 fully saturated rings. The third-order valence-electron chi connectivity index (χ3n) is 11.0. The minimum Gasteiger partial charge on any atom is -0.394 e. The molecule has 0 aliphatic carbocycles. The summed E-state index contributed by atoms with van der Waals surface area (Å²) in [4.78, 5) is 13.1. The number of hydrogen-bond acceptors (Lipinski definition) is 11. The quantitative estimate of drug-likeness (QED) is 0.0178. The first kappa shape index (κ1) is 56.3. The molecule has 0 spiro atoms. The Morgan fingerprint density at radius 2 is 1.12 bits per heavy atom.